The lowest BCUT2D eigenvalue weighted by molar-refractivity contribution is -0.129. The highest BCUT2D eigenvalue weighted by Crippen LogP contribution is 1.98. The van der Waals surface area contributed by atoms with Gasteiger partial charge < -0.3 is 9.64 Å². The van der Waals surface area contributed by atoms with E-state index in [1.54, 1.807) is 20.3 Å². The lowest BCUT2D eigenvalue weighted by atomic mass is 10.4. The summed E-state index contributed by atoms with van der Waals surface area (Å²) in [5.74, 6) is -0.597. The molecule has 0 unspecified atom stereocenters. The van der Waals surface area contributed by atoms with Crippen molar-refractivity contribution in [2.45, 2.75) is 20.4 Å². The van der Waals surface area contributed by atoms with Crippen molar-refractivity contribution in [1.29, 1.82) is 0 Å². The fourth-order valence-electron chi connectivity index (χ4n) is 0.943. The molecule has 0 aliphatic carbocycles. The standard InChI is InChI=1S/C9H13N3O3.C2H6/c1-11(2)8(13)6-12-5-4-7(10-12)9(14)15-3;1-2/h4-5H,6H2,1-3H3;1-2H3. The molecule has 1 aromatic rings. The van der Waals surface area contributed by atoms with Crippen molar-refractivity contribution in [2.75, 3.05) is 21.2 Å². The van der Waals surface area contributed by atoms with Crippen molar-refractivity contribution in [1.82, 2.24) is 14.7 Å². The Kier molecular flexibility index (Phi) is 6.62. The minimum Gasteiger partial charge on any atom is -0.464 e. The van der Waals surface area contributed by atoms with Gasteiger partial charge in [0.05, 0.1) is 7.11 Å². The van der Waals surface area contributed by atoms with Gasteiger partial charge in [0.25, 0.3) is 0 Å². The first kappa shape index (κ1) is 15.2. The van der Waals surface area contributed by atoms with Gasteiger partial charge in [0.2, 0.25) is 5.91 Å². The molecule has 96 valence electrons. The van der Waals surface area contributed by atoms with Gasteiger partial charge in [-0.3, -0.25) is 9.48 Å². The average molecular weight is 241 g/mol. The van der Waals surface area contributed by atoms with Crippen molar-refractivity contribution >= 4 is 11.9 Å². The van der Waals surface area contributed by atoms with Crippen LogP contribution in [0.2, 0.25) is 0 Å². The number of carbonyl (C=O) groups is 2. The number of methoxy groups -OCH3 is 1. The molecule has 1 aromatic heterocycles. The van der Waals surface area contributed by atoms with E-state index in [2.05, 4.69) is 9.84 Å². The van der Waals surface area contributed by atoms with Crippen LogP contribution in [0.15, 0.2) is 12.3 Å². The zero-order valence-corrected chi connectivity index (χ0v) is 10.9. The number of hydrogen-bond donors (Lipinski definition) is 0. The van der Waals surface area contributed by atoms with Gasteiger partial charge in [0, 0.05) is 20.3 Å². The highest BCUT2D eigenvalue weighted by molar-refractivity contribution is 5.87. The maximum absolute atomic E-state index is 11.3. The van der Waals surface area contributed by atoms with E-state index in [1.807, 2.05) is 13.8 Å². The second kappa shape index (κ2) is 7.43. The van der Waals surface area contributed by atoms with E-state index in [0.717, 1.165) is 0 Å². The molecular formula is C11H19N3O3. The van der Waals surface area contributed by atoms with Gasteiger partial charge in [-0.25, -0.2) is 4.79 Å². The van der Waals surface area contributed by atoms with Crippen LogP contribution in [0, 0.1) is 0 Å². The predicted octanol–water partition coefficient (Wildman–Crippen LogP) is 0.784. The van der Waals surface area contributed by atoms with Crippen molar-refractivity contribution < 1.29 is 14.3 Å². The predicted molar refractivity (Wildman–Crippen MR) is 63.6 cm³/mol. The fraction of sp³-hybridized carbons (Fsp3) is 0.545. The molecule has 0 bridgehead atoms. The third kappa shape index (κ3) is 4.67. The summed E-state index contributed by atoms with van der Waals surface area (Å²) in [5.41, 5.74) is 0.198. The van der Waals surface area contributed by atoms with Crippen LogP contribution in [-0.4, -0.2) is 47.8 Å². The Hall–Kier alpha value is -1.85. The first-order valence-electron chi connectivity index (χ1n) is 5.36. The molecule has 1 amide bonds. The Bertz CT molecular complexity index is 372. The number of likely N-dealkylation sites (N-methyl/N-ethyl adjacent to an activating group) is 1. The Labute approximate surface area is 101 Å². The van der Waals surface area contributed by atoms with Gasteiger partial charge in [-0.15, -0.1) is 0 Å². The van der Waals surface area contributed by atoms with E-state index in [1.165, 1.54) is 22.8 Å². The number of nitrogens with zero attached hydrogens (tertiary/aromatic N) is 3. The van der Waals surface area contributed by atoms with E-state index in [0.29, 0.717) is 0 Å². The molecule has 0 aliphatic rings. The van der Waals surface area contributed by atoms with Gasteiger partial charge in [-0.1, -0.05) is 13.8 Å². The van der Waals surface area contributed by atoms with Crippen LogP contribution >= 0.6 is 0 Å². The van der Waals surface area contributed by atoms with Crippen molar-refractivity contribution in [3.63, 3.8) is 0 Å². The van der Waals surface area contributed by atoms with Crippen LogP contribution in [0.4, 0.5) is 0 Å². The molecule has 0 atom stereocenters. The Balaban J connectivity index is 0.00000121. The summed E-state index contributed by atoms with van der Waals surface area (Å²) in [7, 11) is 4.60. The molecule has 0 spiro atoms. The zero-order chi connectivity index (χ0) is 13.4. The number of amides is 1. The van der Waals surface area contributed by atoms with E-state index in [4.69, 9.17) is 0 Å². The molecular weight excluding hydrogens is 222 g/mol. The number of ether oxygens (including phenoxy) is 1. The van der Waals surface area contributed by atoms with Gasteiger partial charge in [0.1, 0.15) is 6.54 Å². The van der Waals surface area contributed by atoms with Crippen molar-refractivity contribution in [3.8, 4) is 0 Å². The fourth-order valence-corrected chi connectivity index (χ4v) is 0.943. The molecule has 1 heterocycles. The molecule has 0 saturated heterocycles. The number of rotatable bonds is 3. The lowest BCUT2D eigenvalue weighted by Gasteiger charge is -2.09. The minimum atomic E-state index is -0.508. The Morgan fingerprint density at radius 2 is 2.00 bits per heavy atom. The smallest absolute Gasteiger partial charge is 0.358 e. The SMILES string of the molecule is CC.COC(=O)c1ccn(CC(=O)N(C)C)n1. The lowest BCUT2D eigenvalue weighted by Crippen LogP contribution is -2.26. The van der Waals surface area contributed by atoms with Gasteiger partial charge in [-0.05, 0) is 6.07 Å². The quantitative estimate of drug-likeness (QED) is 0.734. The first-order valence-corrected chi connectivity index (χ1v) is 5.36. The van der Waals surface area contributed by atoms with E-state index in [9.17, 15) is 9.59 Å². The summed E-state index contributed by atoms with van der Waals surface area (Å²) in [6.45, 7) is 4.12. The second-order valence-corrected chi connectivity index (χ2v) is 3.18. The molecule has 1 rings (SSSR count). The van der Waals surface area contributed by atoms with Crippen LogP contribution in [-0.2, 0) is 16.1 Å². The van der Waals surface area contributed by atoms with Crippen LogP contribution in [0.1, 0.15) is 24.3 Å². The van der Waals surface area contributed by atoms with Gasteiger partial charge >= 0.3 is 5.97 Å². The van der Waals surface area contributed by atoms with Crippen LogP contribution in [0.25, 0.3) is 0 Å². The topological polar surface area (TPSA) is 64.4 Å². The Morgan fingerprint density at radius 3 is 2.47 bits per heavy atom. The second-order valence-electron chi connectivity index (χ2n) is 3.18. The third-order valence-corrected chi connectivity index (χ3v) is 1.83. The van der Waals surface area contributed by atoms with E-state index in [-0.39, 0.29) is 18.1 Å². The third-order valence-electron chi connectivity index (χ3n) is 1.83. The molecule has 0 radical (unpaired) electrons. The molecule has 0 fully saturated rings. The molecule has 17 heavy (non-hydrogen) atoms. The summed E-state index contributed by atoms with van der Waals surface area (Å²) in [5, 5.41) is 3.90. The largest absolute Gasteiger partial charge is 0.464 e. The molecule has 6 heteroatoms. The van der Waals surface area contributed by atoms with Gasteiger partial charge in [0.15, 0.2) is 5.69 Å². The zero-order valence-electron chi connectivity index (χ0n) is 10.9. The number of aromatic nitrogens is 2. The normalized spacial score (nSPS) is 9.00. The molecule has 0 N–H and O–H groups in total. The summed E-state index contributed by atoms with van der Waals surface area (Å²) < 4.78 is 5.89. The average Bonchev–Trinajstić information content (AvgIpc) is 2.79. The van der Waals surface area contributed by atoms with Crippen molar-refractivity contribution in [2.24, 2.45) is 0 Å². The van der Waals surface area contributed by atoms with E-state index < -0.39 is 5.97 Å². The first-order chi connectivity index (χ1) is 8.04. The maximum atomic E-state index is 11.3. The van der Waals surface area contributed by atoms with Gasteiger partial charge in [-0.2, -0.15) is 5.10 Å². The number of hydrogen-bond acceptors (Lipinski definition) is 4. The summed E-state index contributed by atoms with van der Waals surface area (Å²) in [6.07, 6.45) is 1.56. The van der Waals surface area contributed by atoms with Crippen LogP contribution < -0.4 is 0 Å². The van der Waals surface area contributed by atoms with E-state index >= 15 is 0 Å². The highest BCUT2D eigenvalue weighted by atomic mass is 16.5. The van der Waals surface area contributed by atoms with Crippen LogP contribution in [0.5, 0.6) is 0 Å². The summed E-state index contributed by atoms with van der Waals surface area (Å²) >= 11 is 0. The maximum Gasteiger partial charge on any atom is 0.358 e. The highest BCUT2D eigenvalue weighted by Gasteiger charge is 2.11. The molecule has 6 nitrogen and oxygen atoms in total. The minimum absolute atomic E-state index is 0.0884. The summed E-state index contributed by atoms with van der Waals surface area (Å²) in [6, 6.07) is 1.51. The monoisotopic (exact) mass is 241 g/mol. The Morgan fingerprint density at radius 1 is 1.41 bits per heavy atom. The molecule has 0 aliphatic heterocycles. The summed E-state index contributed by atoms with van der Waals surface area (Å²) in [4.78, 5) is 23.8. The number of esters is 1. The molecule has 0 aromatic carbocycles. The van der Waals surface area contributed by atoms with Crippen LogP contribution in [0.3, 0.4) is 0 Å². The molecule has 0 saturated carbocycles. The van der Waals surface area contributed by atoms with Crippen molar-refractivity contribution in [3.05, 3.63) is 18.0 Å². The number of carbonyl (C=O) groups excluding carboxylic acids is 2.